The van der Waals surface area contributed by atoms with Crippen molar-refractivity contribution in [3.05, 3.63) is 66.1 Å². The highest BCUT2D eigenvalue weighted by atomic mass is 28.3. The van der Waals surface area contributed by atoms with E-state index in [0.717, 1.165) is 103 Å². The van der Waals surface area contributed by atoms with E-state index in [-0.39, 0.29) is 24.1 Å². The molecule has 1 aliphatic carbocycles. The fourth-order valence-electron chi connectivity index (χ4n) is 8.20. The monoisotopic (exact) mass is 796 g/mol. The summed E-state index contributed by atoms with van der Waals surface area (Å²) >= 11 is 0. The zero-order valence-corrected chi connectivity index (χ0v) is 37.3. The van der Waals surface area contributed by atoms with E-state index in [1.165, 1.54) is 5.56 Å². The van der Waals surface area contributed by atoms with Crippen LogP contribution in [0.15, 0.2) is 54.9 Å². The van der Waals surface area contributed by atoms with Gasteiger partial charge in [0.2, 0.25) is 0 Å². The van der Waals surface area contributed by atoms with E-state index in [2.05, 4.69) is 73.0 Å². The first-order valence-electron chi connectivity index (χ1n) is 20.9. The minimum absolute atomic E-state index is 0.132. The topological polar surface area (TPSA) is 94.3 Å². The molecule has 4 aromatic rings. The molecular formula is C44H64N6O4Si2. The van der Waals surface area contributed by atoms with Gasteiger partial charge in [-0.25, -0.2) is 9.78 Å². The standard InChI is InChI=1S/C44H64N6O4Si2/c1-44(2,3)54-43(51)49-35-18-19-36(49)26-34(25-35)40-39(32-15-16-32)42(48(29-52-21-23-55(4,5)6)30-53-22-24-56(7,8)9)50-41(47-40)37(28-46-50)33-17-20-38(45-27-33)31-13-11-10-12-14-31/h10-14,17,20,27-28,32,34-36H,15-16,18-19,21-26,29-30H2,1-9H3/t34?,35-,36+. The Morgan fingerprint density at radius 2 is 1.43 bits per heavy atom. The van der Waals surface area contributed by atoms with E-state index >= 15 is 0 Å². The van der Waals surface area contributed by atoms with E-state index in [4.69, 9.17) is 29.3 Å². The van der Waals surface area contributed by atoms with Crippen LogP contribution in [-0.2, 0) is 14.2 Å². The van der Waals surface area contributed by atoms with Crippen LogP contribution in [0, 0.1) is 0 Å². The number of nitrogens with zero attached hydrogens (tertiary/aromatic N) is 6. The van der Waals surface area contributed by atoms with Crippen molar-refractivity contribution in [3.63, 3.8) is 0 Å². The van der Waals surface area contributed by atoms with Crippen LogP contribution in [-0.4, -0.2) is 91.1 Å². The number of carbonyl (C=O) groups excluding carboxylic acids is 1. The summed E-state index contributed by atoms with van der Waals surface area (Å²) in [4.78, 5) is 28.4. The third kappa shape index (κ3) is 9.74. The van der Waals surface area contributed by atoms with Gasteiger partial charge in [-0.05, 0) is 83.4 Å². The van der Waals surface area contributed by atoms with Crippen LogP contribution in [0.2, 0.25) is 51.4 Å². The van der Waals surface area contributed by atoms with E-state index in [0.29, 0.717) is 19.4 Å². The minimum atomic E-state index is -1.29. The lowest BCUT2D eigenvalue weighted by molar-refractivity contribution is 0.00566. The second kappa shape index (κ2) is 16.3. The second-order valence-corrected chi connectivity index (χ2v) is 31.0. The predicted molar refractivity (Wildman–Crippen MR) is 231 cm³/mol. The lowest BCUT2D eigenvalue weighted by atomic mass is 9.85. The Morgan fingerprint density at radius 3 is 1.96 bits per heavy atom. The Kier molecular flexibility index (Phi) is 11.9. The molecule has 0 N–H and O–H groups in total. The molecule has 2 bridgehead atoms. The average Bonchev–Trinajstić information content (AvgIpc) is 3.82. The maximum absolute atomic E-state index is 13.5. The first kappa shape index (κ1) is 40.6. The molecule has 1 saturated carbocycles. The summed E-state index contributed by atoms with van der Waals surface area (Å²) in [6.45, 7) is 22.5. The zero-order chi connectivity index (χ0) is 39.8. The number of aromatic nitrogens is 4. The molecule has 2 aliphatic heterocycles. The van der Waals surface area contributed by atoms with E-state index in [1.807, 2.05) is 56.3 Å². The van der Waals surface area contributed by atoms with E-state index in [9.17, 15) is 4.79 Å². The van der Waals surface area contributed by atoms with Gasteiger partial charge in [0.05, 0.1) is 17.6 Å². The SMILES string of the molecule is CC(C)(C)OC(=O)N1[C@@H]2CC[C@H]1CC(c1nc3c(-c4ccc(-c5ccccc5)nc4)cnn3c(N(COCC[Si](C)(C)C)COCC[Si](C)(C)C)c1C1CC1)C2. The fourth-order valence-corrected chi connectivity index (χ4v) is 9.72. The van der Waals surface area contributed by atoms with Gasteiger partial charge < -0.3 is 24.0 Å². The van der Waals surface area contributed by atoms with Gasteiger partial charge in [-0.2, -0.15) is 9.61 Å². The van der Waals surface area contributed by atoms with Gasteiger partial charge in [0.25, 0.3) is 0 Å². The van der Waals surface area contributed by atoms with Crippen molar-refractivity contribution in [1.82, 2.24) is 24.5 Å². The number of pyridine rings is 1. The molecule has 1 unspecified atom stereocenters. The number of piperidine rings is 1. The molecule has 7 rings (SSSR count). The largest absolute Gasteiger partial charge is 0.444 e. The Morgan fingerprint density at radius 1 is 0.804 bits per heavy atom. The number of rotatable bonds is 15. The van der Waals surface area contributed by atoms with Crippen LogP contribution in [0.3, 0.4) is 0 Å². The molecule has 302 valence electrons. The molecule has 10 nitrogen and oxygen atoms in total. The number of fused-ring (bicyclic) bond motifs is 3. The van der Waals surface area contributed by atoms with Crippen LogP contribution in [0.25, 0.3) is 28.0 Å². The van der Waals surface area contributed by atoms with Gasteiger partial charge in [0.1, 0.15) is 24.9 Å². The summed E-state index contributed by atoms with van der Waals surface area (Å²) in [6.07, 6.45) is 9.69. The molecule has 0 spiro atoms. The van der Waals surface area contributed by atoms with Gasteiger partial charge in [-0.15, -0.1) is 0 Å². The van der Waals surface area contributed by atoms with Gasteiger partial charge in [-0.3, -0.25) is 4.98 Å². The van der Waals surface area contributed by atoms with Crippen LogP contribution in [0.1, 0.15) is 82.4 Å². The third-order valence-corrected chi connectivity index (χ3v) is 14.7. The van der Waals surface area contributed by atoms with Crippen molar-refractivity contribution in [2.45, 2.75) is 140 Å². The number of anilines is 1. The zero-order valence-electron chi connectivity index (χ0n) is 35.3. The number of ether oxygens (including phenoxy) is 3. The van der Waals surface area contributed by atoms with Gasteiger partial charge >= 0.3 is 6.09 Å². The molecule has 1 aromatic carbocycles. The van der Waals surface area contributed by atoms with Crippen molar-refractivity contribution < 1.29 is 19.0 Å². The Labute approximate surface area is 336 Å². The highest BCUT2D eigenvalue weighted by molar-refractivity contribution is 6.76. The number of benzene rings is 1. The van der Waals surface area contributed by atoms with Gasteiger partial charge in [-0.1, -0.05) is 75.7 Å². The summed E-state index contributed by atoms with van der Waals surface area (Å²) in [7, 11) is -2.58. The minimum Gasteiger partial charge on any atom is -0.444 e. The molecule has 3 aromatic heterocycles. The predicted octanol–water partition coefficient (Wildman–Crippen LogP) is 10.4. The Hall–Kier alpha value is -3.59. The summed E-state index contributed by atoms with van der Waals surface area (Å²) < 4.78 is 21.1. The normalized spacial score (nSPS) is 20.2. The molecule has 1 amide bonds. The van der Waals surface area contributed by atoms with E-state index < -0.39 is 21.7 Å². The van der Waals surface area contributed by atoms with Gasteiger partial charge in [0, 0.05) is 75.8 Å². The number of hydrogen-bond donors (Lipinski definition) is 0. The van der Waals surface area contributed by atoms with Crippen molar-refractivity contribution in [3.8, 4) is 22.4 Å². The smallest absolute Gasteiger partial charge is 0.410 e. The maximum atomic E-state index is 13.5. The van der Waals surface area contributed by atoms with Crippen molar-refractivity contribution in [2.75, 3.05) is 31.6 Å². The molecule has 3 aliphatic rings. The lowest BCUT2D eigenvalue weighted by Gasteiger charge is -2.40. The molecule has 5 heterocycles. The van der Waals surface area contributed by atoms with Crippen LogP contribution < -0.4 is 4.90 Å². The number of carbonyl (C=O) groups is 1. The molecular weight excluding hydrogens is 733 g/mol. The van der Waals surface area contributed by atoms with Crippen molar-refractivity contribution >= 4 is 33.7 Å². The summed E-state index contributed by atoms with van der Waals surface area (Å²) in [6, 6.07) is 17.0. The summed E-state index contributed by atoms with van der Waals surface area (Å²) in [5.74, 6) is 1.63. The first-order chi connectivity index (χ1) is 26.5. The lowest BCUT2D eigenvalue weighted by Crippen LogP contribution is -2.48. The quantitative estimate of drug-likeness (QED) is 0.0667. The average molecular weight is 797 g/mol. The van der Waals surface area contributed by atoms with Crippen LogP contribution in [0.4, 0.5) is 10.6 Å². The molecule has 56 heavy (non-hydrogen) atoms. The highest BCUT2D eigenvalue weighted by Crippen LogP contribution is 2.52. The summed E-state index contributed by atoms with van der Waals surface area (Å²) in [5.41, 5.74) is 6.68. The fraction of sp³-hybridized carbons (Fsp3) is 0.591. The van der Waals surface area contributed by atoms with Crippen LogP contribution >= 0.6 is 0 Å². The van der Waals surface area contributed by atoms with E-state index in [1.54, 1.807) is 0 Å². The highest BCUT2D eigenvalue weighted by Gasteiger charge is 2.47. The molecule has 0 radical (unpaired) electrons. The number of amides is 1. The Bertz CT molecular complexity index is 1930. The van der Waals surface area contributed by atoms with Gasteiger partial charge in [0.15, 0.2) is 5.65 Å². The molecule has 2 saturated heterocycles. The second-order valence-electron chi connectivity index (χ2n) is 19.8. The molecule has 12 heteroatoms. The first-order valence-corrected chi connectivity index (χ1v) is 28.3. The summed E-state index contributed by atoms with van der Waals surface area (Å²) in [5, 5.41) is 5.12. The molecule has 3 fully saturated rings. The van der Waals surface area contributed by atoms with Crippen LogP contribution in [0.5, 0.6) is 0 Å². The maximum Gasteiger partial charge on any atom is 0.410 e. The van der Waals surface area contributed by atoms with Crippen molar-refractivity contribution in [2.24, 2.45) is 0 Å². The third-order valence-electron chi connectivity index (χ3n) is 11.3. The van der Waals surface area contributed by atoms with Crippen molar-refractivity contribution in [1.29, 1.82) is 0 Å². The Balaban J connectivity index is 1.31. The number of hydrogen-bond acceptors (Lipinski definition) is 8. The molecule has 3 atom stereocenters.